The lowest BCUT2D eigenvalue weighted by Gasteiger charge is -2.04. The Bertz CT molecular complexity index is 477. The molecule has 0 aromatic heterocycles. The van der Waals surface area contributed by atoms with Gasteiger partial charge >= 0.3 is 0 Å². The highest BCUT2D eigenvalue weighted by Gasteiger charge is 2.16. The van der Waals surface area contributed by atoms with E-state index in [1.165, 1.54) is 23.5 Å². The van der Waals surface area contributed by atoms with Gasteiger partial charge in [0.25, 0.3) is 0 Å². The van der Waals surface area contributed by atoms with Gasteiger partial charge in [-0.2, -0.15) is 5.26 Å². The molecule has 1 rings (SSSR count). The second kappa shape index (κ2) is 6.53. The first-order chi connectivity index (χ1) is 8.13. The molecule has 2 nitrogen and oxygen atoms in total. The van der Waals surface area contributed by atoms with Crippen LogP contribution in [0.15, 0.2) is 34.1 Å². The van der Waals surface area contributed by atoms with Crippen molar-refractivity contribution in [1.82, 2.24) is 0 Å². The summed E-state index contributed by atoms with van der Waals surface area (Å²) < 4.78 is 0.762. The standard InChI is InChI=1S/C13H13NOS2/c1-9-4-6-10(7-5-9)12(15)11(8-14)13(16-2)17-3/h4-7H,1-3H3. The maximum absolute atomic E-state index is 12.1. The molecule has 0 saturated heterocycles. The predicted molar refractivity (Wildman–Crippen MR) is 75.2 cm³/mol. The smallest absolute Gasteiger partial charge is 0.205 e. The number of allylic oxidation sites excluding steroid dienone is 1. The Morgan fingerprint density at radius 2 is 1.71 bits per heavy atom. The van der Waals surface area contributed by atoms with Crippen LogP contribution in [0.4, 0.5) is 0 Å². The van der Waals surface area contributed by atoms with Gasteiger partial charge in [-0.15, -0.1) is 23.5 Å². The van der Waals surface area contributed by atoms with Gasteiger partial charge in [-0.1, -0.05) is 29.8 Å². The number of carbonyl (C=O) groups excluding carboxylic acids is 1. The first-order valence-corrected chi connectivity index (χ1v) is 7.42. The van der Waals surface area contributed by atoms with Crippen LogP contribution in [0.1, 0.15) is 15.9 Å². The lowest BCUT2D eigenvalue weighted by atomic mass is 10.0. The average molecular weight is 263 g/mol. The second-order valence-corrected chi connectivity index (χ2v) is 5.27. The molecule has 0 aliphatic rings. The lowest BCUT2D eigenvalue weighted by molar-refractivity contribution is 0.103. The van der Waals surface area contributed by atoms with Crippen LogP contribution in [0.2, 0.25) is 0 Å². The fourth-order valence-electron chi connectivity index (χ4n) is 1.33. The molecular weight excluding hydrogens is 250 g/mol. The molecular formula is C13H13NOS2. The average Bonchev–Trinajstić information content (AvgIpc) is 2.36. The van der Waals surface area contributed by atoms with Crippen LogP contribution in [0.25, 0.3) is 0 Å². The van der Waals surface area contributed by atoms with E-state index >= 15 is 0 Å². The third-order valence-corrected chi connectivity index (χ3v) is 4.38. The van der Waals surface area contributed by atoms with Gasteiger partial charge < -0.3 is 0 Å². The van der Waals surface area contributed by atoms with Crippen molar-refractivity contribution >= 4 is 29.3 Å². The number of aryl methyl sites for hydroxylation is 1. The van der Waals surface area contributed by atoms with Gasteiger partial charge in [0.15, 0.2) is 0 Å². The number of hydrogen-bond acceptors (Lipinski definition) is 4. The van der Waals surface area contributed by atoms with Crippen molar-refractivity contribution in [3.05, 3.63) is 45.2 Å². The lowest BCUT2D eigenvalue weighted by Crippen LogP contribution is -2.03. The van der Waals surface area contributed by atoms with Crippen molar-refractivity contribution in [2.24, 2.45) is 0 Å². The van der Waals surface area contributed by atoms with Gasteiger partial charge in [0.05, 0.1) is 4.24 Å². The van der Waals surface area contributed by atoms with E-state index in [9.17, 15) is 4.79 Å². The summed E-state index contributed by atoms with van der Waals surface area (Å²) >= 11 is 2.86. The number of nitriles is 1. The van der Waals surface area contributed by atoms with Crippen LogP contribution in [-0.2, 0) is 0 Å². The highest BCUT2D eigenvalue weighted by Crippen LogP contribution is 2.29. The van der Waals surface area contributed by atoms with Crippen molar-refractivity contribution in [1.29, 1.82) is 5.26 Å². The number of nitrogens with zero attached hydrogens (tertiary/aromatic N) is 1. The number of Topliss-reactive ketones (excluding diaryl/α,β-unsaturated/α-hetero) is 1. The monoisotopic (exact) mass is 263 g/mol. The summed E-state index contributed by atoms with van der Waals surface area (Å²) in [5, 5.41) is 9.09. The minimum absolute atomic E-state index is 0.203. The number of hydrogen-bond donors (Lipinski definition) is 0. The molecule has 0 aliphatic carbocycles. The largest absolute Gasteiger partial charge is 0.288 e. The summed E-state index contributed by atoms with van der Waals surface area (Å²) in [6.07, 6.45) is 3.73. The molecule has 0 N–H and O–H groups in total. The third-order valence-electron chi connectivity index (χ3n) is 2.23. The van der Waals surface area contributed by atoms with E-state index in [1.807, 2.05) is 37.6 Å². The van der Waals surface area contributed by atoms with Gasteiger partial charge in [-0.05, 0) is 19.4 Å². The normalized spacial score (nSPS) is 9.53. The molecule has 0 amide bonds. The predicted octanol–water partition coefficient (Wildman–Crippen LogP) is 3.64. The highest BCUT2D eigenvalue weighted by molar-refractivity contribution is 8.21. The van der Waals surface area contributed by atoms with Crippen molar-refractivity contribution in [2.75, 3.05) is 12.5 Å². The number of carbonyl (C=O) groups is 1. The summed E-state index contributed by atoms with van der Waals surface area (Å²) in [7, 11) is 0. The fourth-order valence-corrected chi connectivity index (χ4v) is 2.68. The van der Waals surface area contributed by atoms with Crippen molar-refractivity contribution in [2.45, 2.75) is 6.92 Å². The Hall–Kier alpha value is -1.18. The van der Waals surface area contributed by atoms with E-state index in [0.717, 1.165) is 9.80 Å². The van der Waals surface area contributed by atoms with Crippen LogP contribution in [0.3, 0.4) is 0 Å². The Morgan fingerprint density at radius 3 is 2.12 bits per heavy atom. The molecule has 0 aliphatic heterocycles. The molecule has 0 spiro atoms. The summed E-state index contributed by atoms with van der Waals surface area (Å²) in [5.74, 6) is -0.203. The number of ketones is 1. The minimum Gasteiger partial charge on any atom is -0.288 e. The Labute approximate surface area is 110 Å². The zero-order valence-corrected chi connectivity index (χ0v) is 11.6. The molecule has 0 fully saturated rings. The quantitative estimate of drug-likeness (QED) is 0.472. The molecule has 1 aromatic carbocycles. The summed E-state index contributed by atoms with van der Waals surface area (Å²) in [4.78, 5) is 12.1. The van der Waals surface area contributed by atoms with Crippen molar-refractivity contribution < 1.29 is 4.79 Å². The molecule has 4 heteroatoms. The molecule has 0 radical (unpaired) electrons. The molecule has 0 saturated carbocycles. The zero-order valence-electron chi connectivity index (χ0n) is 9.98. The van der Waals surface area contributed by atoms with Gasteiger partial charge in [0.2, 0.25) is 5.78 Å². The Balaban J connectivity index is 3.16. The number of thioether (sulfide) groups is 2. The highest BCUT2D eigenvalue weighted by atomic mass is 32.2. The van der Waals surface area contributed by atoms with Crippen LogP contribution in [-0.4, -0.2) is 18.3 Å². The van der Waals surface area contributed by atoms with Crippen LogP contribution in [0, 0.1) is 18.3 Å². The molecule has 17 heavy (non-hydrogen) atoms. The summed E-state index contributed by atoms with van der Waals surface area (Å²) in [5.41, 5.74) is 1.89. The van der Waals surface area contributed by atoms with E-state index in [0.29, 0.717) is 5.56 Å². The summed E-state index contributed by atoms with van der Waals surface area (Å²) in [6.45, 7) is 1.96. The van der Waals surface area contributed by atoms with Gasteiger partial charge in [-0.3, -0.25) is 4.79 Å². The van der Waals surface area contributed by atoms with Crippen LogP contribution < -0.4 is 0 Å². The topological polar surface area (TPSA) is 40.9 Å². The fraction of sp³-hybridized carbons (Fsp3) is 0.231. The molecule has 0 unspecified atom stereocenters. The van der Waals surface area contributed by atoms with Crippen LogP contribution >= 0.6 is 23.5 Å². The minimum atomic E-state index is -0.203. The maximum atomic E-state index is 12.1. The summed E-state index contributed by atoms with van der Waals surface area (Å²) in [6, 6.07) is 9.27. The zero-order chi connectivity index (χ0) is 12.8. The van der Waals surface area contributed by atoms with E-state index in [4.69, 9.17) is 5.26 Å². The number of rotatable bonds is 4. The molecule has 0 bridgehead atoms. The third kappa shape index (κ3) is 3.39. The van der Waals surface area contributed by atoms with Gasteiger partial charge in [0, 0.05) is 5.56 Å². The molecule has 88 valence electrons. The number of benzene rings is 1. The van der Waals surface area contributed by atoms with Crippen LogP contribution in [0.5, 0.6) is 0 Å². The van der Waals surface area contributed by atoms with Gasteiger partial charge in [-0.25, -0.2) is 0 Å². The molecule has 0 heterocycles. The van der Waals surface area contributed by atoms with E-state index in [-0.39, 0.29) is 11.4 Å². The maximum Gasteiger partial charge on any atom is 0.205 e. The SMILES string of the molecule is CSC(SC)=C(C#N)C(=O)c1ccc(C)cc1. The van der Waals surface area contributed by atoms with Crippen molar-refractivity contribution in [3.8, 4) is 6.07 Å². The van der Waals surface area contributed by atoms with E-state index in [1.54, 1.807) is 12.1 Å². The van der Waals surface area contributed by atoms with E-state index < -0.39 is 0 Å². The Morgan fingerprint density at radius 1 is 1.18 bits per heavy atom. The second-order valence-electron chi connectivity index (χ2n) is 3.38. The molecule has 0 atom stereocenters. The first-order valence-electron chi connectivity index (χ1n) is 4.97. The van der Waals surface area contributed by atoms with Crippen molar-refractivity contribution in [3.63, 3.8) is 0 Å². The first kappa shape index (κ1) is 13.9. The van der Waals surface area contributed by atoms with Gasteiger partial charge in [0.1, 0.15) is 11.6 Å². The molecule has 1 aromatic rings. The Kier molecular flexibility index (Phi) is 5.33. The van der Waals surface area contributed by atoms with E-state index in [2.05, 4.69) is 0 Å².